The van der Waals surface area contributed by atoms with E-state index in [0.29, 0.717) is 28.8 Å². The molecule has 2 aromatic rings. The molecule has 2 amide bonds. The van der Waals surface area contributed by atoms with Gasteiger partial charge in [-0.2, -0.15) is 0 Å². The number of fused-ring (bicyclic) bond motifs is 5. The Bertz CT molecular complexity index is 957. The third kappa shape index (κ3) is 2.94. The smallest absolute Gasteiger partial charge is 0.237 e. The second-order valence-electron chi connectivity index (χ2n) is 8.11. The molecule has 29 heavy (non-hydrogen) atoms. The summed E-state index contributed by atoms with van der Waals surface area (Å²) in [5.41, 5.74) is 0.920. The van der Waals surface area contributed by atoms with Gasteiger partial charge in [-0.3, -0.25) is 19.3 Å². The number of carbonyl (C=O) groups excluding carboxylic acids is 3. The number of ether oxygens (including phenoxy) is 1. The molecule has 2 aromatic carbocycles. The van der Waals surface area contributed by atoms with Crippen molar-refractivity contribution in [3.05, 3.63) is 59.9 Å². The lowest BCUT2D eigenvalue weighted by Gasteiger charge is -2.19. The fraction of sp³-hybridized carbons (Fsp3) is 0.348. The molecule has 0 unspecified atom stereocenters. The maximum Gasteiger partial charge on any atom is 0.237 e. The number of nitrogens with zero attached hydrogens (tertiary/aromatic N) is 1. The van der Waals surface area contributed by atoms with E-state index in [-0.39, 0.29) is 36.0 Å². The van der Waals surface area contributed by atoms with Crippen LogP contribution in [0.25, 0.3) is 0 Å². The van der Waals surface area contributed by atoms with Crippen molar-refractivity contribution in [3.8, 4) is 5.75 Å². The summed E-state index contributed by atoms with van der Waals surface area (Å²) in [5.74, 6) is 0.0563. The van der Waals surface area contributed by atoms with Gasteiger partial charge in [0.1, 0.15) is 11.6 Å². The molecule has 3 fully saturated rings. The van der Waals surface area contributed by atoms with Crippen molar-refractivity contribution in [2.24, 2.45) is 23.7 Å². The van der Waals surface area contributed by atoms with Gasteiger partial charge in [0.25, 0.3) is 0 Å². The van der Waals surface area contributed by atoms with Crippen LogP contribution < -0.4 is 9.64 Å². The number of hydrogen-bond donors (Lipinski definition) is 0. The van der Waals surface area contributed by atoms with Gasteiger partial charge in [-0.05, 0) is 79.6 Å². The Balaban J connectivity index is 1.26. The minimum absolute atomic E-state index is 0.0765. The highest BCUT2D eigenvalue weighted by atomic mass is 19.1. The molecule has 2 bridgehead atoms. The Morgan fingerprint density at radius 1 is 0.931 bits per heavy atom. The van der Waals surface area contributed by atoms with E-state index < -0.39 is 5.82 Å². The fourth-order valence-electron chi connectivity index (χ4n) is 5.22. The lowest BCUT2D eigenvalue weighted by molar-refractivity contribution is -0.123. The molecule has 1 aliphatic heterocycles. The van der Waals surface area contributed by atoms with Crippen LogP contribution in [0.1, 0.15) is 29.6 Å². The number of anilines is 1. The average molecular weight is 393 g/mol. The van der Waals surface area contributed by atoms with Crippen LogP contribution in [0.2, 0.25) is 0 Å². The molecule has 0 aromatic heterocycles. The molecule has 3 aliphatic rings. The lowest BCUT2D eigenvalue weighted by atomic mass is 9.81. The van der Waals surface area contributed by atoms with Crippen LogP contribution in [0.5, 0.6) is 5.75 Å². The van der Waals surface area contributed by atoms with Crippen LogP contribution >= 0.6 is 0 Å². The standard InChI is InChI=1S/C23H20FNO4/c24-16-5-3-13(4-6-16)19(26)12-29-18-9-7-17(8-10-18)25-22(27)20-14-1-2-15(11-14)21(20)23(25)28/h3-10,14-15,20-21H,1-2,11-12H2/t14-,15+,20+,21-. The van der Waals surface area contributed by atoms with Gasteiger partial charge in [-0.1, -0.05) is 0 Å². The molecule has 148 valence electrons. The van der Waals surface area contributed by atoms with Gasteiger partial charge in [0.2, 0.25) is 11.8 Å². The van der Waals surface area contributed by atoms with E-state index in [0.717, 1.165) is 19.3 Å². The Kier molecular flexibility index (Phi) is 4.23. The quantitative estimate of drug-likeness (QED) is 0.575. The van der Waals surface area contributed by atoms with Gasteiger partial charge >= 0.3 is 0 Å². The Labute approximate surface area is 167 Å². The average Bonchev–Trinajstić information content (AvgIpc) is 3.41. The minimum Gasteiger partial charge on any atom is -0.485 e. The van der Waals surface area contributed by atoms with E-state index >= 15 is 0 Å². The van der Waals surface area contributed by atoms with Crippen molar-refractivity contribution >= 4 is 23.3 Å². The van der Waals surface area contributed by atoms with E-state index in [9.17, 15) is 18.8 Å². The van der Waals surface area contributed by atoms with Gasteiger partial charge in [0.15, 0.2) is 12.4 Å². The monoisotopic (exact) mass is 393 g/mol. The minimum atomic E-state index is -0.402. The van der Waals surface area contributed by atoms with Crippen molar-refractivity contribution < 1.29 is 23.5 Å². The zero-order valence-corrected chi connectivity index (χ0v) is 15.7. The topological polar surface area (TPSA) is 63.7 Å². The van der Waals surface area contributed by atoms with Crippen LogP contribution in [0.15, 0.2) is 48.5 Å². The van der Waals surface area contributed by atoms with E-state index in [1.807, 2.05) is 0 Å². The molecule has 0 radical (unpaired) electrons. The summed E-state index contributed by atoms with van der Waals surface area (Å²) in [6.07, 6.45) is 3.11. The normalized spacial score (nSPS) is 27.4. The van der Waals surface area contributed by atoms with Crippen molar-refractivity contribution in [2.75, 3.05) is 11.5 Å². The zero-order chi connectivity index (χ0) is 20.1. The van der Waals surface area contributed by atoms with Crippen LogP contribution in [0.3, 0.4) is 0 Å². The zero-order valence-electron chi connectivity index (χ0n) is 15.7. The number of halogens is 1. The molecule has 5 nitrogen and oxygen atoms in total. The van der Waals surface area contributed by atoms with E-state index in [1.54, 1.807) is 24.3 Å². The van der Waals surface area contributed by atoms with Gasteiger partial charge in [0.05, 0.1) is 17.5 Å². The number of Topliss-reactive ketones (excluding diaryl/α,β-unsaturated/α-hetero) is 1. The van der Waals surface area contributed by atoms with E-state index in [4.69, 9.17) is 4.74 Å². The highest BCUT2D eigenvalue weighted by Gasteiger charge is 2.61. The lowest BCUT2D eigenvalue weighted by Crippen LogP contribution is -2.32. The number of carbonyl (C=O) groups is 3. The number of hydrogen-bond acceptors (Lipinski definition) is 4. The highest BCUT2D eigenvalue weighted by molar-refractivity contribution is 6.22. The number of ketones is 1. The first-order chi connectivity index (χ1) is 14.0. The second kappa shape index (κ2) is 6.79. The van der Waals surface area contributed by atoms with Crippen molar-refractivity contribution in [3.63, 3.8) is 0 Å². The summed E-state index contributed by atoms with van der Waals surface area (Å²) in [4.78, 5) is 39.2. The molecular formula is C23H20FNO4. The van der Waals surface area contributed by atoms with Crippen LogP contribution in [0.4, 0.5) is 10.1 Å². The van der Waals surface area contributed by atoms with Gasteiger partial charge in [-0.15, -0.1) is 0 Å². The number of amides is 2. The Morgan fingerprint density at radius 3 is 2.10 bits per heavy atom. The maximum atomic E-state index is 12.9. The SMILES string of the molecule is O=C(COc1ccc(N2C(=O)[C@@H]3[C@H]4CC[C@H](C4)[C@@H]3C2=O)cc1)c1ccc(F)cc1. The van der Waals surface area contributed by atoms with Crippen LogP contribution in [0, 0.1) is 29.5 Å². The van der Waals surface area contributed by atoms with Gasteiger partial charge < -0.3 is 4.74 Å². The van der Waals surface area contributed by atoms with Gasteiger partial charge in [0, 0.05) is 5.56 Å². The summed E-state index contributed by atoms with van der Waals surface area (Å²) in [6, 6.07) is 11.9. The summed E-state index contributed by atoms with van der Waals surface area (Å²) in [6.45, 7) is -0.180. The summed E-state index contributed by atoms with van der Waals surface area (Å²) >= 11 is 0. The number of benzene rings is 2. The van der Waals surface area contributed by atoms with Crippen LogP contribution in [-0.4, -0.2) is 24.2 Å². The van der Waals surface area contributed by atoms with Crippen molar-refractivity contribution in [1.82, 2.24) is 0 Å². The molecule has 1 heterocycles. The third-order valence-electron chi connectivity index (χ3n) is 6.56. The molecule has 0 spiro atoms. The van der Waals surface area contributed by atoms with Crippen LogP contribution in [-0.2, 0) is 9.59 Å². The maximum absolute atomic E-state index is 12.9. The summed E-state index contributed by atoms with van der Waals surface area (Å²) in [5, 5.41) is 0. The molecule has 2 saturated carbocycles. The van der Waals surface area contributed by atoms with E-state index in [1.165, 1.54) is 29.2 Å². The molecular weight excluding hydrogens is 373 g/mol. The van der Waals surface area contributed by atoms with Crippen molar-refractivity contribution in [1.29, 1.82) is 0 Å². The molecule has 1 saturated heterocycles. The predicted octanol–water partition coefficient (Wildman–Crippen LogP) is 3.62. The molecule has 6 heteroatoms. The molecule has 5 rings (SSSR count). The van der Waals surface area contributed by atoms with E-state index in [2.05, 4.69) is 0 Å². The first-order valence-corrected chi connectivity index (χ1v) is 9.92. The predicted molar refractivity (Wildman–Crippen MR) is 103 cm³/mol. The summed E-state index contributed by atoms with van der Waals surface area (Å²) < 4.78 is 18.5. The Morgan fingerprint density at radius 2 is 1.52 bits per heavy atom. The Hall–Kier alpha value is -3.02. The molecule has 4 atom stereocenters. The largest absolute Gasteiger partial charge is 0.485 e. The second-order valence-corrected chi connectivity index (χ2v) is 8.11. The summed E-state index contributed by atoms with van der Waals surface area (Å²) in [7, 11) is 0. The van der Waals surface area contributed by atoms with Gasteiger partial charge in [-0.25, -0.2) is 4.39 Å². The van der Waals surface area contributed by atoms with Crippen molar-refractivity contribution in [2.45, 2.75) is 19.3 Å². The third-order valence-corrected chi connectivity index (χ3v) is 6.56. The highest BCUT2D eigenvalue weighted by Crippen LogP contribution is 2.56. The molecule has 0 N–H and O–H groups in total. The number of imide groups is 1. The number of rotatable bonds is 5. The molecule has 2 aliphatic carbocycles. The first kappa shape index (κ1) is 18.0. The fourth-order valence-corrected chi connectivity index (χ4v) is 5.22. The first-order valence-electron chi connectivity index (χ1n) is 9.92.